The molecule has 20 nitrogen and oxygen atoms in total. The number of aryl methyl sites for hydroxylation is 2. The van der Waals surface area contributed by atoms with Gasteiger partial charge in [-0.2, -0.15) is 16.8 Å². The van der Waals surface area contributed by atoms with Crippen molar-refractivity contribution < 1.29 is 131 Å². The van der Waals surface area contributed by atoms with Gasteiger partial charge in [0.25, 0.3) is 20.2 Å². The summed E-state index contributed by atoms with van der Waals surface area (Å²) in [5.41, 5.74) is 0.635. The molecule has 0 unspecified atom stereocenters. The van der Waals surface area contributed by atoms with E-state index in [4.69, 9.17) is 9.47 Å². The fourth-order valence-electron chi connectivity index (χ4n) is 5.64. The Kier molecular flexibility index (Phi) is 17.0. The summed E-state index contributed by atoms with van der Waals surface area (Å²) in [5, 5.41) is 37.7. The number of benzene rings is 6. The zero-order valence-corrected chi connectivity index (χ0v) is 40.5. The Bertz CT molecular complexity index is 3020. The molecule has 6 rings (SSSR count). The molecule has 0 saturated carbocycles. The predicted octanol–water partition coefficient (Wildman–Crippen LogP) is 0.865. The van der Waals surface area contributed by atoms with Gasteiger partial charge < -0.3 is 28.8 Å². The molecular formula is C36H30N4Na2O16S4. The van der Waals surface area contributed by atoms with Crippen molar-refractivity contribution in [3.05, 3.63) is 96.1 Å². The maximum absolute atomic E-state index is 11.4. The fraction of sp³-hybridized carbons (Fsp3) is 0.111. The second-order valence-corrected chi connectivity index (χ2v) is 18.0. The molecule has 0 aliphatic carbocycles. The zero-order valence-electron chi connectivity index (χ0n) is 33.2. The molecule has 6 aromatic carbocycles. The van der Waals surface area contributed by atoms with Crippen LogP contribution in [0.3, 0.4) is 0 Å². The number of fused-ring (bicyclic) bond motifs is 2. The summed E-state index contributed by atoms with van der Waals surface area (Å²) in [6.45, 7) is 2.89. The van der Waals surface area contributed by atoms with Gasteiger partial charge in [0.1, 0.15) is 75.8 Å². The SMILES string of the molecule is COc1cc(S(=O)(=O)O)c(C)cc1/N=N/c1c(O)ccc2cc(S(=O)(=O)[O-])ccc12.COc1cc(S(=O)(=O)O)c(C)cc1/N=N/c1c(O)ccc2cc(S(=O)(=O)[O-])ccc12.[Na+].[Na+]. The smallest absolute Gasteiger partial charge is 0.744 e. The molecule has 0 bridgehead atoms. The van der Waals surface area contributed by atoms with Crippen LogP contribution in [0.15, 0.2) is 125 Å². The van der Waals surface area contributed by atoms with Gasteiger partial charge in [-0.25, -0.2) is 16.8 Å². The average molecular weight is 949 g/mol. The Morgan fingerprint density at radius 1 is 0.500 bits per heavy atom. The number of methoxy groups -OCH3 is 2. The molecule has 0 aliphatic heterocycles. The first kappa shape index (κ1) is 52.2. The van der Waals surface area contributed by atoms with E-state index >= 15 is 0 Å². The molecule has 0 aliphatic rings. The number of hydrogen-bond acceptors (Lipinski definition) is 18. The van der Waals surface area contributed by atoms with Crippen LogP contribution in [0, 0.1) is 13.8 Å². The predicted molar refractivity (Wildman–Crippen MR) is 211 cm³/mol. The molecule has 0 aromatic heterocycles. The number of phenolic OH excluding ortho intramolecular Hbond substituents is 2. The normalized spacial score (nSPS) is 12.1. The Morgan fingerprint density at radius 2 is 0.839 bits per heavy atom. The van der Waals surface area contributed by atoms with Crippen LogP contribution < -0.4 is 68.6 Å². The van der Waals surface area contributed by atoms with Gasteiger partial charge in [-0.15, -0.1) is 20.5 Å². The molecule has 0 atom stereocenters. The first-order chi connectivity index (χ1) is 27.8. The van der Waals surface area contributed by atoms with Crippen LogP contribution in [-0.2, 0) is 40.5 Å². The first-order valence-corrected chi connectivity index (χ1v) is 22.1. The van der Waals surface area contributed by atoms with Crippen molar-refractivity contribution in [1.29, 1.82) is 0 Å². The summed E-state index contributed by atoms with van der Waals surface area (Å²) in [5.74, 6) is -0.490. The van der Waals surface area contributed by atoms with E-state index in [0.29, 0.717) is 21.5 Å². The Hall–Kier alpha value is -4.12. The third kappa shape index (κ3) is 12.1. The van der Waals surface area contributed by atoms with Crippen molar-refractivity contribution in [1.82, 2.24) is 0 Å². The van der Waals surface area contributed by atoms with Crippen molar-refractivity contribution in [3.8, 4) is 23.0 Å². The largest absolute Gasteiger partial charge is 1.00 e. The van der Waals surface area contributed by atoms with Crippen molar-refractivity contribution in [2.24, 2.45) is 20.5 Å². The number of nitrogens with zero attached hydrogens (tertiary/aromatic N) is 4. The third-order valence-corrected chi connectivity index (χ3v) is 12.1. The van der Waals surface area contributed by atoms with Crippen molar-refractivity contribution in [2.45, 2.75) is 33.4 Å². The Labute approximate surface area is 398 Å². The fourth-order valence-corrected chi connectivity index (χ4v) is 8.09. The van der Waals surface area contributed by atoms with E-state index in [2.05, 4.69) is 20.5 Å². The molecule has 26 heteroatoms. The van der Waals surface area contributed by atoms with E-state index in [1.165, 1.54) is 76.6 Å². The van der Waals surface area contributed by atoms with Gasteiger partial charge in [0, 0.05) is 22.9 Å². The van der Waals surface area contributed by atoms with Gasteiger partial charge in [0.15, 0.2) is 0 Å². The Morgan fingerprint density at radius 3 is 1.13 bits per heavy atom. The van der Waals surface area contributed by atoms with Crippen LogP contribution in [0.1, 0.15) is 11.1 Å². The summed E-state index contributed by atoms with van der Waals surface area (Å²) in [6, 6.07) is 17.3. The zero-order chi connectivity index (χ0) is 44.5. The van der Waals surface area contributed by atoms with Gasteiger partial charge in [0.05, 0.1) is 24.0 Å². The summed E-state index contributed by atoms with van der Waals surface area (Å²) >= 11 is 0. The van der Waals surface area contributed by atoms with E-state index in [1.54, 1.807) is 0 Å². The molecule has 0 saturated heterocycles. The molecule has 0 amide bonds. The van der Waals surface area contributed by atoms with Crippen molar-refractivity contribution in [2.75, 3.05) is 14.2 Å². The van der Waals surface area contributed by atoms with Crippen molar-refractivity contribution >= 4 is 84.8 Å². The second kappa shape index (κ2) is 20.2. The molecule has 0 fully saturated rings. The molecule has 0 radical (unpaired) electrons. The van der Waals surface area contributed by atoms with Gasteiger partial charge in [-0.1, -0.05) is 24.3 Å². The number of phenols is 2. The van der Waals surface area contributed by atoms with Gasteiger partial charge in [-0.05, 0) is 84.3 Å². The first-order valence-electron chi connectivity index (χ1n) is 16.4. The van der Waals surface area contributed by atoms with Crippen LogP contribution in [0.25, 0.3) is 21.5 Å². The molecule has 6 aromatic rings. The molecule has 0 heterocycles. The van der Waals surface area contributed by atoms with Gasteiger partial charge in [-0.3, -0.25) is 9.11 Å². The summed E-state index contributed by atoms with van der Waals surface area (Å²) in [6.07, 6.45) is 0. The van der Waals surface area contributed by atoms with Gasteiger partial charge >= 0.3 is 59.1 Å². The van der Waals surface area contributed by atoms with Crippen LogP contribution in [-0.4, -0.2) is 76.3 Å². The number of azo groups is 2. The van der Waals surface area contributed by atoms with E-state index in [-0.39, 0.29) is 126 Å². The van der Waals surface area contributed by atoms with Crippen LogP contribution in [0.5, 0.6) is 23.0 Å². The van der Waals surface area contributed by atoms with Crippen LogP contribution in [0.4, 0.5) is 22.7 Å². The molecule has 316 valence electrons. The maximum atomic E-state index is 11.4. The van der Waals surface area contributed by atoms with Crippen LogP contribution >= 0.6 is 0 Å². The summed E-state index contributed by atoms with van der Waals surface area (Å²) in [7, 11) is -15.7. The van der Waals surface area contributed by atoms with E-state index in [9.17, 15) is 62.1 Å². The number of ether oxygens (including phenoxy) is 2. The van der Waals surface area contributed by atoms with E-state index in [0.717, 1.165) is 36.4 Å². The molecule has 0 spiro atoms. The minimum absolute atomic E-state index is 0. The number of aromatic hydroxyl groups is 2. The number of hydrogen-bond donors (Lipinski definition) is 4. The molecular weight excluding hydrogens is 919 g/mol. The average Bonchev–Trinajstić information content (AvgIpc) is 3.15. The summed E-state index contributed by atoms with van der Waals surface area (Å²) in [4.78, 5) is -1.56. The molecule has 62 heavy (non-hydrogen) atoms. The molecule has 4 N–H and O–H groups in total. The standard InChI is InChI=1S/2C18H16N2O8S2.2Na/c2*1-10-7-14(16(28-2)9-17(10)30(25,26)27)19-20-18-13-5-4-12(29(22,23)24)8-11(13)3-6-15(18)21;;/h2*3-9,21H,1-2H3,(H,22,23,24)(H,25,26,27);;/q;;2*+1/p-2/b2*20-19+;;. The Balaban J connectivity index is 0.000000320. The topological polar surface area (TPSA) is 332 Å². The van der Waals surface area contributed by atoms with Gasteiger partial charge in [0.2, 0.25) is 0 Å². The second-order valence-electron chi connectivity index (χ2n) is 12.5. The van der Waals surface area contributed by atoms with E-state index < -0.39 is 50.3 Å². The number of rotatable bonds is 10. The maximum Gasteiger partial charge on any atom is 1.00 e. The van der Waals surface area contributed by atoms with E-state index in [1.807, 2.05) is 0 Å². The van der Waals surface area contributed by atoms with Crippen molar-refractivity contribution in [3.63, 3.8) is 0 Å². The monoisotopic (exact) mass is 948 g/mol. The quantitative estimate of drug-likeness (QED) is 0.0841. The minimum Gasteiger partial charge on any atom is -0.744 e. The third-order valence-electron chi connectivity index (χ3n) is 8.48. The summed E-state index contributed by atoms with van der Waals surface area (Å²) < 4.78 is 142. The van der Waals surface area contributed by atoms with Crippen LogP contribution in [0.2, 0.25) is 0 Å². The minimum atomic E-state index is -4.66.